The highest BCUT2D eigenvalue weighted by Gasteiger charge is 2.22. The van der Waals surface area contributed by atoms with E-state index in [-0.39, 0.29) is 11.2 Å². The molecule has 0 atom stereocenters. The van der Waals surface area contributed by atoms with Gasteiger partial charge in [-0.25, -0.2) is 13.9 Å². The highest BCUT2D eigenvalue weighted by atomic mass is 19.1. The number of halogens is 1. The van der Waals surface area contributed by atoms with E-state index in [0.29, 0.717) is 55.0 Å². The molecule has 170 valence electrons. The molecule has 1 fully saturated rings. The van der Waals surface area contributed by atoms with Gasteiger partial charge in [-0.2, -0.15) is 5.10 Å². The van der Waals surface area contributed by atoms with Crippen LogP contribution >= 0.6 is 0 Å². The van der Waals surface area contributed by atoms with Gasteiger partial charge in [0.25, 0.3) is 11.5 Å². The number of carbonyl (C=O) groups excluding carboxylic acids is 1. The van der Waals surface area contributed by atoms with Crippen LogP contribution in [0.15, 0.2) is 41.3 Å². The van der Waals surface area contributed by atoms with Crippen LogP contribution in [0.5, 0.6) is 0 Å². The maximum Gasteiger partial charge on any atom is 0.274 e. The molecule has 33 heavy (non-hydrogen) atoms. The molecular weight excluding hydrogens is 425 g/mol. The van der Waals surface area contributed by atoms with Crippen LogP contribution < -0.4 is 15.8 Å². The Morgan fingerprint density at radius 2 is 2.00 bits per heavy atom. The topological polar surface area (TPSA) is 98.6 Å². The van der Waals surface area contributed by atoms with Crippen LogP contribution in [0.3, 0.4) is 0 Å². The maximum atomic E-state index is 15.3. The summed E-state index contributed by atoms with van der Waals surface area (Å²) in [5.41, 5.74) is 2.62. The Hall–Kier alpha value is -3.79. The third-order valence-electron chi connectivity index (χ3n) is 6.05. The van der Waals surface area contributed by atoms with Crippen molar-refractivity contribution in [3.63, 3.8) is 0 Å². The minimum Gasteiger partial charge on any atom is -0.368 e. The van der Waals surface area contributed by atoms with E-state index in [4.69, 9.17) is 4.11 Å². The van der Waals surface area contributed by atoms with Crippen LogP contribution in [0, 0.1) is 12.7 Å². The summed E-state index contributed by atoms with van der Waals surface area (Å²) in [6.07, 6.45) is 1.51. The van der Waals surface area contributed by atoms with E-state index in [1.54, 1.807) is 31.2 Å². The van der Waals surface area contributed by atoms with Crippen molar-refractivity contribution in [1.82, 2.24) is 29.8 Å². The van der Waals surface area contributed by atoms with Crippen LogP contribution in [-0.4, -0.2) is 63.5 Å². The quantitative estimate of drug-likeness (QED) is 0.489. The second-order valence-corrected chi connectivity index (χ2v) is 8.03. The summed E-state index contributed by atoms with van der Waals surface area (Å²) in [7, 11) is 0. The summed E-state index contributed by atoms with van der Waals surface area (Å²) in [5.74, 6) is -1.21. The minimum absolute atomic E-state index is 0.0446. The summed E-state index contributed by atoms with van der Waals surface area (Å²) < 4.78 is 38.3. The molecule has 2 N–H and O–H groups in total. The van der Waals surface area contributed by atoms with Crippen molar-refractivity contribution >= 4 is 28.1 Å². The Kier molecular flexibility index (Phi) is 4.45. The molecule has 0 radical (unpaired) electrons. The number of piperazine rings is 1. The molecule has 0 saturated carbocycles. The maximum absolute atomic E-state index is 15.3. The molecule has 0 unspecified atom stereocenters. The number of carbonyl (C=O) groups is 1. The normalized spacial score (nSPS) is 16.5. The largest absolute Gasteiger partial charge is 0.368 e. The number of nitrogens with zero attached hydrogens (tertiary/aromatic N) is 5. The number of hydrogen-bond acceptors (Lipinski definition) is 6. The van der Waals surface area contributed by atoms with Gasteiger partial charge < -0.3 is 15.2 Å². The van der Waals surface area contributed by atoms with Gasteiger partial charge in [0.05, 0.1) is 23.1 Å². The molecule has 0 aliphatic carbocycles. The first kappa shape index (κ1) is 17.7. The van der Waals surface area contributed by atoms with Crippen LogP contribution in [0.25, 0.3) is 16.6 Å². The number of fused-ring (bicyclic) bond motifs is 3. The number of hydrogen-bond donors (Lipinski definition) is 2. The fraction of sp³-hybridized carbons (Fsp3) is 0.304. The molecule has 1 saturated heterocycles. The van der Waals surface area contributed by atoms with Gasteiger partial charge >= 0.3 is 0 Å². The van der Waals surface area contributed by atoms with E-state index in [1.807, 2.05) is 5.32 Å². The lowest BCUT2D eigenvalue weighted by molar-refractivity contribution is 0.0958. The summed E-state index contributed by atoms with van der Waals surface area (Å²) in [4.78, 5) is 35.5. The molecule has 3 aromatic heterocycles. The van der Waals surface area contributed by atoms with Gasteiger partial charge in [0.15, 0.2) is 5.82 Å². The fourth-order valence-electron chi connectivity index (χ4n) is 4.34. The first-order chi connectivity index (χ1) is 17.1. The second-order valence-electron chi connectivity index (χ2n) is 8.03. The van der Waals surface area contributed by atoms with E-state index >= 15 is 4.39 Å². The number of aryl methyl sites for hydroxylation is 1. The van der Waals surface area contributed by atoms with Gasteiger partial charge in [-0.05, 0) is 31.2 Å². The van der Waals surface area contributed by atoms with Crippen molar-refractivity contribution in [3.8, 4) is 0 Å². The number of aromatic nitrogens is 4. The summed E-state index contributed by atoms with van der Waals surface area (Å²) in [6, 6.07) is 8.35. The van der Waals surface area contributed by atoms with Crippen molar-refractivity contribution < 1.29 is 13.3 Å². The van der Waals surface area contributed by atoms with Crippen LogP contribution in [-0.2, 0) is 6.54 Å². The molecule has 4 heterocycles. The molecule has 1 aliphatic rings. The zero-order valence-corrected chi connectivity index (χ0v) is 17.9. The van der Waals surface area contributed by atoms with Crippen molar-refractivity contribution in [3.05, 3.63) is 69.7 Å². The number of anilines is 1. The van der Waals surface area contributed by atoms with E-state index < -0.39 is 24.3 Å². The SMILES string of the molecule is [2H]C([2H])([2H])NC(=O)c1ccc(N2CCN(Cc3ccc4c([nH]c(=O)c5ccnn54)c3F)CC2)c(C)n1. The molecule has 10 heteroatoms. The predicted molar refractivity (Wildman–Crippen MR) is 123 cm³/mol. The lowest BCUT2D eigenvalue weighted by atomic mass is 10.1. The molecule has 1 aromatic carbocycles. The van der Waals surface area contributed by atoms with Gasteiger partial charge in [-0.1, -0.05) is 6.07 Å². The van der Waals surface area contributed by atoms with Gasteiger partial charge in [0, 0.05) is 49.4 Å². The lowest BCUT2D eigenvalue weighted by Gasteiger charge is -2.36. The van der Waals surface area contributed by atoms with Crippen LogP contribution in [0.4, 0.5) is 10.1 Å². The Morgan fingerprint density at radius 1 is 1.18 bits per heavy atom. The van der Waals surface area contributed by atoms with Gasteiger partial charge in [0.1, 0.15) is 16.7 Å². The lowest BCUT2D eigenvalue weighted by Crippen LogP contribution is -2.46. The number of benzene rings is 1. The number of pyridine rings is 1. The molecule has 0 bridgehead atoms. The Bertz CT molecular complexity index is 1520. The Labute approximate surface area is 193 Å². The van der Waals surface area contributed by atoms with Crippen molar-refractivity contribution in [2.75, 3.05) is 38.1 Å². The molecule has 4 aromatic rings. The number of aromatic amines is 1. The van der Waals surface area contributed by atoms with E-state index in [1.165, 1.54) is 16.8 Å². The number of amides is 1. The average molecular weight is 453 g/mol. The average Bonchev–Trinajstić information content (AvgIpc) is 3.32. The Balaban J connectivity index is 1.27. The number of H-pyrrole nitrogens is 1. The number of nitrogens with one attached hydrogen (secondary N) is 2. The van der Waals surface area contributed by atoms with Gasteiger partial charge in [-0.15, -0.1) is 0 Å². The van der Waals surface area contributed by atoms with Crippen molar-refractivity contribution in [2.24, 2.45) is 0 Å². The zero-order valence-electron chi connectivity index (χ0n) is 20.9. The Morgan fingerprint density at radius 3 is 2.76 bits per heavy atom. The third-order valence-corrected chi connectivity index (χ3v) is 6.05. The van der Waals surface area contributed by atoms with E-state index in [0.717, 1.165) is 5.69 Å². The monoisotopic (exact) mass is 452 g/mol. The standard InChI is InChI=1S/C23H24FN7O2/c1-14-17(6-4-16(27-14)22(32)25-2)30-11-9-29(10-12-30)13-15-3-5-18-21(20(15)24)28-23(33)19-7-8-26-31(18)19/h3-8H,9-13H2,1-2H3,(H,25,32)(H,28,33)/i2D3. The zero-order chi connectivity index (χ0) is 25.6. The minimum atomic E-state index is -2.58. The van der Waals surface area contributed by atoms with E-state index in [9.17, 15) is 9.59 Å². The number of rotatable bonds is 4. The molecule has 1 amide bonds. The molecule has 5 rings (SSSR count). The highest BCUT2D eigenvalue weighted by Crippen LogP contribution is 2.23. The summed E-state index contributed by atoms with van der Waals surface area (Å²) >= 11 is 0. The second kappa shape index (κ2) is 8.28. The predicted octanol–water partition coefficient (Wildman–Crippen LogP) is 1.70. The van der Waals surface area contributed by atoms with Crippen molar-refractivity contribution in [1.29, 1.82) is 0 Å². The molecule has 0 spiro atoms. The van der Waals surface area contributed by atoms with E-state index in [2.05, 4.69) is 24.9 Å². The summed E-state index contributed by atoms with van der Waals surface area (Å²) in [6.45, 7) is 2.27. The smallest absolute Gasteiger partial charge is 0.274 e. The van der Waals surface area contributed by atoms with Crippen molar-refractivity contribution in [2.45, 2.75) is 13.5 Å². The van der Waals surface area contributed by atoms with Crippen LogP contribution in [0.1, 0.15) is 25.9 Å². The first-order valence-corrected chi connectivity index (χ1v) is 10.6. The van der Waals surface area contributed by atoms with Gasteiger partial charge in [-0.3, -0.25) is 14.5 Å². The first-order valence-electron chi connectivity index (χ1n) is 12.1. The third kappa shape index (κ3) is 3.72. The molecule has 1 aliphatic heterocycles. The fourth-order valence-corrected chi connectivity index (χ4v) is 4.34. The molecular formula is C23H24FN7O2. The highest BCUT2D eigenvalue weighted by molar-refractivity contribution is 5.92. The summed E-state index contributed by atoms with van der Waals surface area (Å²) in [5, 5.41) is 6.07. The van der Waals surface area contributed by atoms with Gasteiger partial charge in [0.2, 0.25) is 0 Å². The van der Waals surface area contributed by atoms with Crippen LogP contribution in [0.2, 0.25) is 0 Å². The molecule has 9 nitrogen and oxygen atoms in total.